The maximum Gasteiger partial charge on any atom is 0.269 e. The van der Waals surface area contributed by atoms with E-state index in [1.807, 2.05) is 26.2 Å². The van der Waals surface area contributed by atoms with E-state index in [4.69, 9.17) is 0 Å². The SMILES string of the molecule is CN(C)c1ccc(-c2ccc(-c3ccc([N+](=O)[O-])cc3)cc2)cc1. The summed E-state index contributed by atoms with van der Waals surface area (Å²) in [6.07, 6.45) is 0. The zero-order valence-corrected chi connectivity index (χ0v) is 13.6. The summed E-state index contributed by atoms with van der Waals surface area (Å²) in [6, 6.07) is 23.2. The standard InChI is InChI=1S/C20H18N2O2/c1-21(2)19-11-7-17(8-12-19)15-3-5-16(6-4-15)18-9-13-20(14-10-18)22(23)24/h3-14H,1-2H3. The molecule has 0 saturated carbocycles. The number of nitro benzene ring substituents is 1. The number of hydrogen-bond acceptors (Lipinski definition) is 3. The summed E-state index contributed by atoms with van der Waals surface area (Å²) in [4.78, 5) is 12.4. The summed E-state index contributed by atoms with van der Waals surface area (Å²) in [5, 5.41) is 10.7. The monoisotopic (exact) mass is 318 g/mol. The molecule has 3 aromatic carbocycles. The molecular formula is C20H18N2O2. The molecule has 4 nitrogen and oxygen atoms in total. The molecule has 0 N–H and O–H groups in total. The van der Waals surface area contributed by atoms with Crippen molar-refractivity contribution in [2.45, 2.75) is 0 Å². The van der Waals surface area contributed by atoms with Crippen LogP contribution in [0.4, 0.5) is 11.4 Å². The van der Waals surface area contributed by atoms with Gasteiger partial charge in [-0.1, -0.05) is 36.4 Å². The molecule has 0 aromatic heterocycles. The topological polar surface area (TPSA) is 46.4 Å². The fourth-order valence-electron chi connectivity index (χ4n) is 2.58. The van der Waals surface area contributed by atoms with Crippen LogP contribution < -0.4 is 4.90 Å². The minimum atomic E-state index is -0.385. The van der Waals surface area contributed by atoms with Gasteiger partial charge >= 0.3 is 0 Å². The van der Waals surface area contributed by atoms with Crippen molar-refractivity contribution in [3.63, 3.8) is 0 Å². The Kier molecular flexibility index (Phi) is 4.29. The molecule has 0 aliphatic rings. The van der Waals surface area contributed by atoms with Crippen LogP contribution in [-0.4, -0.2) is 19.0 Å². The van der Waals surface area contributed by atoms with Crippen molar-refractivity contribution in [2.24, 2.45) is 0 Å². The van der Waals surface area contributed by atoms with Crippen LogP contribution >= 0.6 is 0 Å². The van der Waals surface area contributed by atoms with E-state index in [1.165, 1.54) is 17.8 Å². The van der Waals surface area contributed by atoms with Gasteiger partial charge in [0.05, 0.1) is 4.92 Å². The van der Waals surface area contributed by atoms with Gasteiger partial charge in [-0.3, -0.25) is 10.1 Å². The van der Waals surface area contributed by atoms with Gasteiger partial charge in [0, 0.05) is 31.9 Å². The number of anilines is 1. The Morgan fingerprint density at radius 2 is 1.00 bits per heavy atom. The van der Waals surface area contributed by atoms with E-state index in [1.54, 1.807) is 12.1 Å². The lowest BCUT2D eigenvalue weighted by atomic mass is 10.00. The Bertz CT molecular complexity index is 836. The molecule has 0 aliphatic carbocycles. The van der Waals surface area contributed by atoms with Crippen molar-refractivity contribution >= 4 is 11.4 Å². The Morgan fingerprint density at radius 3 is 1.33 bits per heavy atom. The van der Waals surface area contributed by atoms with E-state index in [-0.39, 0.29) is 10.6 Å². The van der Waals surface area contributed by atoms with Gasteiger partial charge in [-0.05, 0) is 46.5 Å². The molecule has 0 radical (unpaired) electrons. The number of nitrogens with zero attached hydrogens (tertiary/aromatic N) is 2. The highest BCUT2D eigenvalue weighted by atomic mass is 16.6. The lowest BCUT2D eigenvalue weighted by Crippen LogP contribution is -2.07. The van der Waals surface area contributed by atoms with Crippen molar-refractivity contribution in [1.29, 1.82) is 0 Å². The molecule has 0 atom stereocenters. The first-order valence-electron chi connectivity index (χ1n) is 7.67. The summed E-state index contributed by atoms with van der Waals surface area (Å²) in [7, 11) is 4.04. The minimum Gasteiger partial charge on any atom is -0.378 e. The molecule has 0 heterocycles. The van der Waals surface area contributed by atoms with E-state index in [2.05, 4.69) is 41.3 Å². The molecule has 0 fully saturated rings. The highest BCUT2D eigenvalue weighted by Crippen LogP contribution is 2.27. The second kappa shape index (κ2) is 6.54. The molecule has 0 saturated heterocycles. The predicted octanol–water partition coefficient (Wildman–Crippen LogP) is 4.99. The fourth-order valence-corrected chi connectivity index (χ4v) is 2.58. The van der Waals surface area contributed by atoms with Crippen LogP contribution in [0.5, 0.6) is 0 Å². The summed E-state index contributed by atoms with van der Waals surface area (Å²) in [5.41, 5.74) is 5.59. The van der Waals surface area contributed by atoms with E-state index in [0.29, 0.717) is 0 Å². The Labute approximate surface area is 141 Å². The highest BCUT2D eigenvalue weighted by Gasteiger charge is 2.06. The minimum absolute atomic E-state index is 0.108. The number of rotatable bonds is 4. The average Bonchev–Trinajstić information content (AvgIpc) is 2.62. The van der Waals surface area contributed by atoms with Crippen molar-refractivity contribution in [1.82, 2.24) is 0 Å². The Morgan fingerprint density at radius 1 is 0.667 bits per heavy atom. The summed E-state index contributed by atoms with van der Waals surface area (Å²) in [5.74, 6) is 0. The third kappa shape index (κ3) is 3.27. The predicted molar refractivity (Wildman–Crippen MR) is 98.3 cm³/mol. The molecule has 0 spiro atoms. The second-order valence-corrected chi connectivity index (χ2v) is 5.82. The van der Waals surface area contributed by atoms with E-state index >= 15 is 0 Å². The number of non-ortho nitro benzene ring substituents is 1. The quantitative estimate of drug-likeness (QED) is 0.502. The Balaban J connectivity index is 1.83. The van der Waals surface area contributed by atoms with Crippen LogP contribution in [0, 0.1) is 10.1 Å². The van der Waals surface area contributed by atoms with Crippen molar-refractivity contribution in [3.05, 3.63) is 82.9 Å². The molecule has 0 amide bonds. The zero-order chi connectivity index (χ0) is 17.1. The molecule has 24 heavy (non-hydrogen) atoms. The molecule has 4 heteroatoms. The average molecular weight is 318 g/mol. The van der Waals surface area contributed by atoms with E-state index in [0.717, 1.165) is 22.3 Å². The van der Waals surface area contributed by atoms with Crippen molar-refractivity contribution in [2.75, 3.05) is 19.0 Å². The molecular weight excluding hydrogens is 300 g/mol. The lowest BCUT2D eigenvalue weighted by Gasteiger charge is -2.13. The first-order valence-corrected chi connectivity index (χ1v) is 7.67. The van der Waals surface area contributed by atoms with E-state index < -0.39 is 0 Å². The summed E-state index contributed by atoms with van der Waals surface area (Å²) in [6.45, 7) is 0. The largest absolute Gasteiger partial charge is 0.378 e. The normalized spacial score (nSPS) is 10.4. The molecule has 0 bridgehead atoms. The maximum atomic E-state index is 10.7. The maximum absolute atomic E-state index is 10.7. The van der Waals surface area contributed by atoms with Crippen LogP contribution in [0.15, 0.2) is 72.8 Å². The van der Waals surface area contributed by atoms with Crippen LogP contribution in [0.25, 0.3) is 22.3 Å². The van der Waals surface area contributed by atoms with Gasteiger partial charge in [0.2, 0.25) is 0 Å². The summed E-state index contributed by atoms with van der Waals surface area (Å²) < 4.78 is 0. The first kappa shape index (κ1) is 15.7. The van der Waals surface area contributed by atoms with Crippen LogP contribution in [0.1, 0.15) is 0 Å². The van der Waals surface area contributed by atoms with Gasteiger partial charge < -0.3 is 4.90 Å². The Hall–Kier alpha value is -3.14. The number of benzene rings is 3. The highest BCUT2D eigenvalue weighted by molar-refractivity contribution is 5.71. The van der Waals surface area contributed by atoms with Crippen LogP contribution in [0.2, 0.25) is 0 Å². The van der Waals surface area contributed by atoms with Gasteiger partial charge in [0.1, 0.15) is 0 Å². The van der Waals surface area contributed by atoms with Crippen molar-refractivity contribution in [3.8, 4) is 22.3 Å². The van der Waals surface area contributed by atoms with Gasteiger partial charge in [-0.15, -0.1) is 0 Å². The van der Waals surface area contributed by atoms with Gasteiger partial charge in [0.15, 0.2) is 0 Å². The molecule has 0 unspecified atom stereocenters. The molecule has 120 valence electrons. The zero-order valence-electron chi connectivity index (χ0n) is 13.6. The molecule has 3 rings (SSSR count). The first-order chi connectivity index (χ1) is 11.5. The summed E-state index contributed by atoms with van der Waals surface area (Å²) >= 11 is 0. The fraction of sp³-hybridized carbons (Fsp3) is 0.100. The number of nitro groups is 1. The molecule has 3 aromatic rings. The smallest absolute Gasteiger partial charge is 0.269 e. The molecule has 0 aliphatic heterocycles. The van der Waals surface area contributed by atoms with Gasteiger partial charge in [0.25, 0.3) is 5.69 Å². The lowest BCUT2D eigenvalue weighted by molar-refractivity contribution is -0.384. The number of hydrogen-bond donors (Lipinski definition) is 0. The van der Waals surface area contributed by atoms with Gasteiger partial charge in [-0.2, -0.15) is 0 Å². The van der Waals surface area contributed by atoms with Crippen molar-refractivity contribution < 1.29 is 4.92 Å². The van der Waals surface area contributed by atoms with E-state index in [9.17, 15) is 10.1 Å². The third-order valence-electron chi connectivity index (χ3n) is 4.01. The van der Waals surface area contributed by atoms with Crippen LogP contribution in [-0.2, 0) is 0 Å². The second-order valence-electron chi connectivity index (χ2n) is 5.82. The van der Waals surface area contributed by atoms with Crippen LogP contribution in [0.3, 0.4) is 0 Å². The van der Waals surface area contributed by atoms with Gasteiger partial charge in [-0.25, -0.2) is 0 Å². The third-order valence-corrected chi connectivity index (χ3v) is 4.01.